The van der Waals surface area contributed by atoms with Gasteiger partial charge in [-0.15, -0.1) is 0 Å². The van der Waals surface area contributed by atoms with Crippen LogP contribution in [0.2, 0.25) is 5.02 Å². The van der Waals surface area contributed by atoms with E-state index in [9.17, 15) is 9.90 Å². The average molecular weight is 519 g/mol. The molecule has 6 rings (SSSR count). The summed E-state index contributed by atoms with van der Waals surface area (Å²) in [4.78, 5) is 32.8. The molecule has 2 fully saturated rings. The summed E-state index contributed by atoms with van der Waals surface area (Å²) in [6, 6.07) is 9.15. The Balaban J connectivity index is 1.43. The molecular weight excluding hydrogens is 492 g/mol. The first kappa shape index (κ1) is 23.8. The fourth-order valence-corrected chi connectivity index (χ4v) is 4.90. The van der Waals surface area contributed by atoms with Gasteiger partial charge in [-0.1, -0.05) is 11.6 Å². The highest BCUT2D eigenvalue weighted by Gasteiger charge is 2.41. The first-order valence-electron chi connectivity index (χ1n) is 12.2. The van der Waals surface area contributed by atoms with E-state index in [1.165, 1.54) is 6.33 Å². The molecular formula is C27H27ClN6O3. The number of rotatable bonds is 6. The molecule has 1 saturated carbocycles. The molecule has 0 spiro atoms. The van der Waals surface area contributed by atoms with Crippen LogP contribution in [0.5, 0.6) is 5.88 Å². The van der Waals surface area contributed by atoms with Crippen LogP contribution in [0.4, 0.5) is 0 Å². The van der Waals surface area contributed by atoms with Gasteiger partial charge in [-0.05, 0) is 69.5 Å². The van der Waals surface area contributed by atoms with E-state index in [1.807, 2.05) is 23.6 Å². The Morgan fingerprint density at radius 2 is 1.92 bits per heavy atom. The molecule has 1 saturated heterocycles. The van der Waals surface area contributed by atoms with E-state index in [-0.39, 0.29) is 11.5 Å². The summed E-state index contributed by atoms with van der Waals surface area (Å²) in [5.41, 5.74) is 3.16. The number of carbonyl (C=O) groups is 1. The van der Waals surface area contributed by atoms with E-state index in [2.05, 4.69) is 21.9 Å². The molecule has 0 unspecified atom stereocenters. The topological polar surface area (TPSA) is 106 Å². The van der Waals surface area contributed by atoms with Crippen molar-refractivity contribution in [3.63, 3.8) is 0 Å². The third-order valence-electron chi connectivity index (χ3n) is 6.89. The van der Waals surface area contributed by atoms with Gasteiger partial charge in [0.05, 0.1) is 36.0 Å². The number of aryl methyl sites for hydroxylation is 1. The van der Waals surface area contributed by atoms with Crippen molar-refractivity contribution >= 4 is 28.7 Å². The third-order valence-corrected chi connectivity index (χ3v) is 7.21. The van der Waals surface area contributed by atoms with Crippen molar-refractivity contribution in [2.24, 2.45) is 0 Å². The second-order valence-electron chi connectivity index (χ2n) is 10.6. The van der Waals surface area contributed by atoms with Crippen LogP contribution in [-0.4, -0.2) is 64.7 Å². The van der Waals surface area contributed by atoms with Gasteiger partial charge in [-0.3, -0.25) is 9.78 Å². The van der Waals surface area contributed by atoms with E-state index in [0.29, 0.717) is 58.7 Å². The predicted octanol–water partition coefficient (Wildman–Crippen LogP) is 4.04. The Kier molecular flexibility index (Phi) is 5.47. The average Bonchev–Trinajstić information content (AvgIpc) is 3.45. The fourth-order valence-electron chi connectivity index (χ4n) is 4.64. The number of nitrogens with zero attached hydrogens (tertiary/aromatic N) is 6. The van der Waals surface area contributed by atoms with Crippen LogP contribution >= 0.6 is 11.6 Å². The number of ether oxygens (including phenoxy) is 1. The maximum absolute atomic E-state index is 12.9. The second-order valence-corrected chi connectivity index (χ2v) is 11.0. The number of hydrogen-bond acceptors (Lipinski definition) is 7. The Labute approximate surface area is 219 Å². The van der Waals surface area contributed by atoms with Crippen molar-refractivity contribution in [3.8, 4) is 17.3 Å². The van der Waals surface area contributed by atoms with E-state index < -0.39 is 5.60 Å². The van der Waals surface area contributed by atoms with E-state index >= 15 is 0 Å². The number of fused-ring (bicyclic) bond motifs is 1. The molecule has 4 aromatic rings. The Morgan fingerprint density at radius 1 is 1.14 bits per heavy atom. The highest BCUT2D eigenvalue weighted by molar-refractivity contribution is 6.33. The number of benzene rings is 1. The highest BCUT2D eigenvalue weighted by atomic mass is 35.5. The summed E-state index contributed by atoms with van der Waals surface area (Å²) in [6.45, 7) is 6.80. The van der Waals surface area contributed by atoms with E-state index in [1.54, 1.807) is 36.2 Å². The number of carbonyl (C=O) groups excluding carboxylic acids is 1. The van der Waals surface area contributed by atoms with Crippen molar-refractivity contribution in [3.05, 3.63) is 64.7 Å². The van der Waals surface area contributed by atoms with Gasteiger partial charge in [-0.2, -0.15) is 4.98 Å². The maximum Gasteiger partial charge on any atom is 0.254 e. The van der Waals surface area contributed by atoms with Crippen molar-refractivity contribution < 1.29 is 14.6 Å². The summed E-state index contributed by atoms with van der Waals surface area (Å²) < 4.78 is 8.15. The van der Waals surface area contributed by atoms with Crippen molar-refractivity contribution in [2.45, 2.75) is 51.4 Å². The molecule has 3 aromatic heterocycles. The number of aromatic nitrogens is 5. The number of imidazole rings is 1. The SMILES string of the molecule is Cc1ccnc(Cn2c(-c3ccc(C(=O)N4CC(C)(O)C4)cc3Cl)nc3c(OC4(C)CC4)ncnc32)c1. The zero-order valence-electron chi connectivity index (χ0n) is 20.9. The van der Waals surface area contributed by atoms with Crippen LogP contribution in [0.1, 0.15) is 48.3 Å². The van der Waals surface area contributed by atoms with Gasteiger partial charge in [0.1, 0.15) is 17.8 Å². The first-order chi connectivity index (χ1) is 17.6. The summed E-state index contributed by atoms with van der Waals surface area (Å²) in [7, 11) is 0. The summed E-state index contributed by atoms with van der Waals surface area (Å²) in [6.07, 6.45) is 5.20. The molecule has 1 aliphatic heterocycles. The zero-order chi connectivity index (χ0) is 25.9. The second kappa shape index (κ2) is 8.49. The standard InChI is InChI=1S/C27H27ClN6O3/c1-16-6-9-29-18(10-16)12-34-22(32-21-23(34)30-15-31-24(21)37-27(3)7-8-27)19-5-4-17(11-20(19)28)25(35)33-13-26(2,36)14-33/h4-6,9-11,15,36H,7-8,12-14H2,1-3H3. The Morgan fingerprint density at radius 3 is 2.59 bits per heavy atom. The van der Waals surface area contributed by atoms with Crippen LogP contribution in [0, 0.1) is 6.92 Å². The third kappa shape index (κ3) is 4.53. The molecule has 10 heteroatoms. The smallest absolute Gasteiger partial charge is 0.254 e. The number of pyridine rings is 1. The minimum Gasteiger partial charge on any atom is -0.470 e. The van der Waals surface area contributed by atoms with Crippen molar-refractivity contribution in [1.29, 1.82) is 0 Å². The molecule has 0 bridgehead atoms. The summed E-state index contributed by atoms with van der Waals surface area (Å²) in [5, 5.41) is 10.4. The predicted molar refractivity (Wildman–Crippen MR) is 139 cm³/mol. The van der Waals surface area contributed by atoms with E-state index in [4.69, 9.17) is 21.3 Å². The van der Waals surface area contributed by atoms with Gasteiger partial charge in [-0.25, -0.2) is 9.97 Å². The summed E-state index contributed by atoms with van der Waals surface area (Å²) in [5.74, 6) is 0.854. The number of halogens is 1. The van der Waals surface area contributed by atoms with Crippen LogP contribution in [0.25, 0.3) is 22.6 Å². The van der Waals surface area contributed by atoms with Crippen molar-refractivity contribution in [1.82, 2.24) is 29.4 Å². The molecule has 0 atom stereocenters. The lowest BCUT2D eigenvalue weighted by molar-refractivity contribution is -0.0668. The lowest BCUT2D eigenvalue weighted by atomic mass is 9.95. The van der Waals surface area contributed by atoms with Crippen LogP contribution in [0.3, 0.4) is 0 Å². The van der Waals surface area contributed by atoms with E-state index in [0.717, 1.165) is 24.1 Å². The lowest BCUT2D eigenvalue weighted by Crippen LogP contribution is -2.61. The van der Waals surface area contributed by atoms with Crippen LogP contribution in [0.15, 0.2) is 42.9 Å². The van der Waals surface area contributed by atoms with Gasteiger partial charge in [0, 0.05) is 17.3 Å². The molecule has 1 amide bonds. The van der Waals surface area contributed by atoms with Gasteiger partial charge < -0.3 is 19.3 Å². The molecule has 0 radical (unpaired) electrons. The first-order valence-corrected chi connectivity index (χ1v) is 12.6. The largest absolute Gasteiger partial charge is 0.470 e. The molecule has 190 valence electrons. The minimum atomic E-state index is -0.841. The molecule has 2 aliphatic rings. The lowest BCUT2D eigenvalue weighted by Gasteiger charge is -2.44. The number of β-amino-alcohol motifs (C(OH)–C–C–N with tert-alkyl or cyclic N) is 1. The normalized spacial score (nSPS) is 17.5. The highest BCUT2D eigenvalue weighted by Crippen LogP contribution is 2.41. The monoisotopic (exact) mass is 518 g/mol. The molecule has 1 N–H and O–H groups in total. The Bertz CT molecular complexity index is 1540. The molecule has 4 heterocycles. The van der Waals surface area contributed by atoms with Gasteiger partial charge in [0.2, 0.25) is 5.88 Å². The van der Waals surface area contributed by atoms with Gasteiger partial charge in [0.15, 0.2) is 11.2 Å². The van der Waals surface area contributed by atoms with Gasteiger partial charge >= 0.3 is 0 Å². The number of amides is 1. The number of hydrogen-bond donors (Lipinski definition) is 1. The Hall–Kier alpha value is -3.56. The maximum atomic E-state index is 12.9. The minimum absolute atomic E-state index is 0.170. The quantitative estimate of drug-likeness (QED) is 0.410. The molecule has 37 heavy (non-hydrogen) atoms. The zero-order valence-corrected chi connectivity index (χ0v) is 21.7. The number of likely N-dealkylation sites (tertiary alicyclic amines) is 1. The summed E-state index contributed by atoms with van der Waals surface area (Å²) >= 11 is 6.76. The van der Waals surface area contributed by atoms with Crippen LogP contribution < -0.4 is 4.74 Å². The number of aliphatic hydroxyl groups is 1. The molecule has 9 nitrogen and oxygen atoms in total. The molecule has 1 aliphatic carbocycles. The van der Waals surface area contributed by atoms with Gasteiger partial charge in [0.25, 0.3) is 5.91 Å². The van der Waals surface area contributed by atoms with Crippen LogP contribution in [-0.2, 0) is 6.54 Å². The fraction of sp³-hybridized carbons (Fsp3) is 0.370. The molecule has 1 aromatic carbocycles. The van der Waals surface area contributed by atoms with Crippen molar-refractivity contribution in [2.75, 3.05) is 13.1 Å².